The fourth-order valence-corrected chi connectivity index (χ4v) is 6.88. The first-order valence-corrected chi connectivity index (χ1v) is 15.6. The topological polar surface area (TPSA) is 0 Å². The van der Waals surface area contributed by atoms with Crippen molar-refractivity contribution < 1.29 is 26.2 Å². The van der Waals surface area contributed by atoms with Crippen LogP contribution in [0.25, 0.3) is 12.2 Å². The van der Waals surface area contributed by atoms with Crippen molar-refractivity contribution in [3.63, 3.8) is 0 Å². The predicted molar refractivity (Wildman–Crippen MR) is 158 cm³/mol. The van der Waals surface area contributed by atoms with Crippen molar-refractivity contribution in [2.24, 2.45) is 0 Å². The van der Waals surface area contributed by atoms with E-state index in [4.69, 9.17) is 0 Å². The second-order valence-corrected chi connectivity index (χ2v) is 11.4. The second-order valence-electron chi connectivity index (χ2n) is 9.91. The zero-order chi connectivity index (χ0) is 25.0. The first-order chi connectivity index (χ1) is 17.2. The van der Waals surface area contributed by atoms with Crippen LogP contribution in [0.15, 0.2) is 59.7 Å². The van der Waals surface area contributed by atoms with E-state index in [1.54, 1.807) is 17.1 Å². The van der Waals surface area contributed by atoms with Crippen LogP contribution in [0.4, 0.5) is 0 Å². The number of rotatable bonds is 7. The normalized spacial score (nSPS) is 19.2. The molecule has 1 aliphatic heterocycles. The molecule has 2 aromatic carbocycles. The van der Waals surface area contributed by atoms with Gasteiger partial charge in [-0.2, -0.15) is 12.8 Å². The average molecular weight is 574 g/mol. The van der Waals surface area contributed by atoms with E-state index in [-0.39, 0.29) is 26.2 Å². The molecule has 1 heterocycles. The summed E-state index contributed by atoms with van der Waals surface area (Å²) in [5.74, 6) is 2.69. The molecule has 36 heavy (non-hydrogen) atoms. The molecule has 2 unspecified atom stereocenters. The molecule has 2 heteroatoms. The third-order valence-electron chi connectivity index (χ3n) is 7.44. The Morgan fingerprint density at radius 3 is 1.53 bits per heavy atom. The molecule has 1 saturated heterocycles. The van der Waals surface area contributed by atoms with Crippen LogP contribution in [-0.2, 0) is 26.2 Å². The zero-order valence-corrected chi connectivity index (χ0v) is 26.7. The zero-order valence-electron chi connectivity index (χ0n) is 23.2. The van der Waals surface area contributed by atoms with E-state index in [0.29, 0.717) is 11.8 Å². The van der Waals surface area contributed by atoms with E-state index >= 15 is 0 Å². The molecule has 5 rings (SSSR count). The first kappa shape index (κ1) is 31.2. The van der Waals surface area contributed by atoms with Crippen LogP contribution in [0.3, 0.4) is 0 Å². The average Bonchev–Trinajstić information content (AvgIpc) is 3.67. The van der Waals surface area contributed by atoms with Crippen molar-refractivity contribution in [3.8, 4) is 0 Å². The number of benzene rings is 2. The number of hydrogen-bond acceptors (Lipinski definition) is 0. The van der Waals surface area contributed by atoms with E-state index in [1.165, 1.54) is 76.0 Å². The summed E-state index contributed by atoms with van der Waals surface area (Å²) in [5, 5.41) is 0. The minimum absolute atomic E-state index is 0. The van der Waals surface area contributed by atoms with E-state index in [1.807, 2.05) is 0 Å². The first-order valence-electron chi connectivity index (χ1n) is 14.1. The van der Waals surface area contributed by atoms with Gasteiger partial charge in [0.1, 0.15) is 0 Å². The molecule has 2 aliphatic carbocycles. The molecule has 0 bridgehead atoms. The molecule has 2 aromatic rings. The van der Waals surface area contributed by atoms with Crippen LogP contribution >= 0.6 is 0 Å². The minimum atomic E-state index is 0. The summed E-state index contributed by atoms with van der Waals surface area (Å²) in [6.45, 7) is 12.7. The van der Waals surface area contributed by atoms with Crippen LogP contribution in [0.2, 0.25) is 12.1 Å². The van der Waals surface area contributed by atoms with Crippen LogP contribution in [-0.4, -0.2) is 9.52 Å². The van der Waals surface area contributed by atoms with Gasteiger partial charge >= 0.3 is 26.2 Å². The number of allylic oxidation sites excluding steroid dienone is 2. The SMILES string of the molecule is C1CC[Si]C1.CCC[C-](C1C(CC)=Cc2ccccc21)C1C(CC)=Cc2ccccc21.[CH2-]CCC.[Zr+2]. The summed E-state index contributed by atoms with van der Waals surface area (Å²) in [6.07, 6.45) is 14.9. The van der Waals surface area contributed by atoms with Crippen LogP contribution in [0.5, 0.6) is 0 Å². The quantitative estimate of drug-likeness (QED) is 0.228. The monoisotopic (exact) mass is 572 g/mol. The van der Waals surface area contributed by atoms with E-state index in [9.17, 15) is 0 Å². The molecular formula is C34H46SiZr. The van der Waals surface area contributed by atoms with Crippen LogP contribution in [0.1, 0.15) is 113 Å². The molecule has 0 nitrogen and oxygen atoms in total. The van der Waals surface area contributed by atoms with Crippen molar-refractivity contribution in [2.75, 3.05) is 0 Å². The van der Waals surface area contributed by atoms with Gasteiger partial charge in [-0.3, -0.25) is 5.92 Å². The van der Waals surface area contributed by atoms with Crippen molar-refractivity contribution in [2.45, 2.75) is 103 Å². The van der Waals surface area contributed by atoms with Gasteiger partial charge in [0.2, 0.25) is 0 Å². The minimum Gasteiger partial charge on any atom is -0.343 e. The molecular weight excluding hydrogens is 528 g/mol. The Bertz CT molecular complexity index is 890. The van der Waals surface area contributed by atoms with Gasteiger partial charge in [-0.05, 0) is 24.0 Å². The second kappa shape index (κ2) is 16.8. The molecule has 0 saturated carbocycles. The number of hydrogen-bond donors (Lipinski definition) is 0. The molecule has 0 spiro atoms. The largest absolute Gasteiger partial charge is 2.00 e. The van der Waals surface area contributed by atoms with Gasteiger partial charge in [0.25, 0.3) is 0 Å². The predicted octanol–water partition coefficient (Wildman–Crippen LogP) is 10.5. The molecule has 0 N–H and O–H groups in total. The standard InChI is InChI=1S/C26H29.C4H8Si.C4H9.Zr/c1-4-11-24(25-18(5-2)16-20-12-7-9-14-22(20)25)26-19(6-3)17-21-13-8-10-15-23(21)26;1-2-4-5-3-1;1-3-4-2;/h7-10,12-17,25-26H,4-6,11H2,1-3H3;1-4H2;1,3-4H2,2H3;/q-1;;-1;+2. The molecule has 0 aromatic heterocycles. The fourth-order valence-electron chi connectivity index (χ4n) is 5.63. The van der Waals surface area contributed by atoms with Crippen LogP contribution in [0, 0.1) is 12.8 Å². The van der Waals surface area contributed by atoms with Crippen molar-refractivity contribution in [1.82, 2.24) is 0 Å². The van der Waals surface area contributed by atoms with Gasteiger partial charge in [-0.15, -0.1) is 11.8 Å². The van der Waals surface area contributed by atoms with E-state index < -0.39 is 0 Å². The summed E-state index contributed by atoms with van der Waals surface area (Å²) in [4.78, 5) is 0. The van der Waals surface area contributed by atoms with Gasteiger partial charge in [0.05, 0.1) is 0 Å². The Labute approximate surface area is 244 Å². The Morgan fingerprint density at radius 2 is 1.19 bits per heavy atom. The van der Waals surface area contributed by atoms with Gasteiger partial charge in [0, 0.05) is 9.52 Å². The molecule has 2 atom stereocenters. The molecule has 3 aliphatic rings. The van der Waals surface area contributed by atoms with Gasteiger partial charge in [0.15, 0.2) is 0 Å². The van der Waals surface area contributed by atoms with E-state index in [2.05, 4.69) is 95.3 Å². The summed E-state index contributed by atoms with van der Waals surface area (Å²) < 4.78 is 0. The van der Waals surface area contributed by atoms with Gasteiger partial charge in [-0.25, -0.2) is 0 Å². The smallest absolute Gasteiger partial charge is 0.343 e. The number of unbranched alkanes of at least 4 members (excludes halogenated alkanes) is 1. The third-order valence-corrected chi connectivity index (χ3v) is 8.86. The summed E-state index contributed by atoms with van der Waals surface area (Å²) >= 11 is 0. The Hall–Kier alpha value is -0.980. The Kier molecular flexibility index (Phi) is 14.6. The Balaban J connectivity index is 0.000000389. The summed E-state index contributed by atoms with van der Waals surface area (Å²) in [6, 6.07) is 21.1. The number of fused-ring (bicyclic) bond motifs is 2. The maximum atomic E-state index is 3.60. The molecule has 0 amide bonds. The van der Waals surface area contributed by atoms with Crippen molar-refractivity contribution in [3.05, 3.63) is 94.8 Å². The van der Waals surface area contributed by atoms with Crippen LogP contribution < -0.4 is 0 Å². The van der Waals surface area contributed by atoms with Crippen molar-refractivity contribution >= 4 is 21.7 Å². The van der Waals surface area contributed by atoms with E-state index in [0.717, 1.165) is 19.3 Å². The maximum Gasteiger partial charge on any atom is 2.00 e. The Morgan fingerprint density at radius 1 is 0.750 bits per heavy atom. The summed E-state index contributed by atoms with van der Waals surface area (Å²) in [7, 11) is 1.31. The summed E-state index contributed by atoms with van der Waals surface area (Å²) in [5.41, 5.74) is 9.08. The molecule has 1 fully saturated rings. The fraction of sp³-hybridized carbons (Fsp3) is 0.471. The molecule has 2 radical (unpaired) electrons. The van der Waals surface area contributed by atoms with Gasteiger partial charge < -0.3 is 6.92 Å². The molecule has 190 valence electrons. The third kappa shape index (κ3) is 7.77. The van der Waals surface area contributed by atoms with Crippen molar-refractivity contribution in [1.29, 1.82) is 0 Å². The maximum absolute atomic E-state index is 3.60. The van der Waals surface area contributed by atoms with Gasteiger partial charge in [-0.1, -0.05) is 148 Å².